The molecular weight excluding hydrogens is 290 g/mol. The van der Waals surface area contributed by atoms with Gasteiger partial charge in [-0.2, -0.15) is 0 Å². The third-order valence-corrected chi connectivity index (χ3v) is 4.42. The topological polar surface area (TPSA) is 49.6 Å². The average molecular weight is 311 g/mol. The molecule has 2 aromatic carbocycles. The van der Waals surface area contributed by atoms with E-state index in [0.717, 1.165) is 31.9 Å². The Morgan fingerprint density at radius 1 is 1.09 bits per heavy atom. The maximum absolute atomic E-state index is 10.7. The molecule has 0 radical (unpaired) electrons. The molecule has 2 aromatic rings. The molecule has 1 heterocycles. The van der Waals surface area contributed by atoms with Gasteiger partial charge in [-0.1, -0.05) is 30.3 Å². The Balaban J connectivity index is 1.62. The number of nitro benzene ring substituents is 1. The molecule has 1 atom stereocenters. The van der Waals surface area contributed by atoms with Gasteiger partial charge in [-0.3, -0.25) is 15.0 Å². The van der Waals surface area contributed by atoms with Gasteiger partial charge in [0.1, 0.15) is 0 Å². The van der Waals surface area contributed by atoms with Gasteiger partial charge in [-0.05, 0) is 24.6 Å². The molecule has 0 unspecified atom stereocenters. The number of hydrogen-bond acceptors (Lipinski definition) is 4. The van der Waals surface area contributed by atoms with Crippen molar-refractivity contribution >= 4 is 11.4 Å². The van der Waals surface area contributed by atoms with Crippen LogP contribution < -0.4 is 4.90 Å². The van der Waals surface area contributed by atoms with E-state index >= 15 is 0 Å². The highest BCUT2D eigenvalue weighted by Crippen LogP contribution is 2.23. The smallest absolute Gasteiger partial charge is 0.269 e. The summed E-state index contributed by atoms with van der Waals surface area (Å²) in [7, 11) is 0. The summed E-state index contributed by atoms with van der Waals surface area (Å²) in [4.78, 5) is 15.2. The van der Waals surface area contributed by atoms with Gasteiger partial charge in [-0.25, -0.2) is 0 Å². The van der Waals surface area contributed by atoms with Gasteiger partial charge in [0.15, 0.2) is 0 Å². The zero-order chi connectivity index (χ0) is 16.2. The fourth-order valence-corrected chi connectivity index (χ4v) is 3.07. The third kappa shape index (κ3) is 3.68. The maximum Gasteiger partial charge on any atom is 0.269 e. The van der Waals surface area contributed by atoms with Crippen molar-refractivity contribution in [2.24, 2.45) is 0 Å². The van der Waals surface area contributed by atoms with E-state index in [2.05, 4.69) is 41.0 Å². The van der Waals surface area contributed by atoms with Gasteiger partial charge in [-0.15, -0.1) is 0 Å². The molecule has 23 heavy (non-hydrogen) atoms. The number of benzene rings is 2. The van der Waals surface area contributed by atoms with E-state index in [1.807, 2.05) is 18.2 Å². The minimum atomic E-state index is -0.357. The van der Waals surface area contributed by atoms with Crippen LogP contribution in [0.25, 0.3) is 0 Å². The molecule has 0 saturated carbocycles. The quantitative estimate of drug-likeness (QED) is 0.642. The lowest BCUT2D eigenvalue weighted by molar-refractivity contribution is -0.384. The Labute approximate surface area is 136 Å². The van der Waals surface area contributed by atoms with Crippen LogP contribution in [-0.2, 0) is 6.54 Å². The van der Waals surface area contributed by atoms with Crippen LogP contribution in [0.4, 0.5) is 11.4 Å². The molecule has 1 fully saturated rings. The molecule has 3 rings (SSSR count). The Bertz CT molecular complexity index is 658. The minimum Gasteiger partial charge on any atom is -0.369 e. The molecule has 1 aliphatic heterocycles. The number of hydrogen-bond donors (Lipinski definition) is 0. The van der Waals surface area contributed by atoms with Crippen LogP contribution in [0.2, 0.25) is 0 Å². The van der Waals surface area contributed by atoms with Crippen LogP contribution in [0.15, 0.2) is 54.6 Å². The summed E-state index contributed by atoms with van der Waals surface area (Å²) in [6.45, 7) is 6.07. The van der Waals surface area contributed by atoms with Gasteiger partial charge in [0.2, 0.25) is 0 Å². The first-order chi connectivity index (χ1) is 11.1. The Kier molecular flexibility index (Phi) is 4.57. The molecule has 5 heteroatoms. The van der Waals surface area contributed by atoms with Crippen LogP contribution in [0.3, 0.4) is 0 Å². The lowest BCUT2D eigenvalue weighted by Crippen LogP contribution is -2.51. The molecule has 1 aliphatic rings. The van der Waals surface area contributed by atoms with E-state index in [4.69, 9.17) is 0 Å². The fourth-order valence-electron chi connectivity index (χ4n) is 3.07. The van der Waals surface area contributed by atoms with Crippen molar-refractivity contribution in [2.45, 2.75) is 19.5 Å². The number of non-ortho nitro benzene ring substituents is 1. The van der Waals surface area contributed by atoms with Crippen molar-refractivity contribution in [1.29, 1.82) is 0 Å². The zero-order valence-electron chi connectivity index (χ0n) is 13.3. The second kappa shape index (κ2) is 6.79. The first-order valence-corrected chi connectivity index (χ1v) is 7.91. The summed E-state index contributed by atoms with van der Waals surface area (Å²) >= 11 is 0. The molecule has 0 aromatic heterocycles. The Morgan fingerprint density at radius 3 is 2.39 bits per heavy atom. The van der Waals surface area contributed by atoms with Crippen molar-refractivity contribution in [3.8, 4) is 0 Å². The standard InChI is InChI=1S/C18H21N3O2/c1-15-13-20(17-7-9-18(10-8-17)21(22)23)12-11-19(15)14-16-5-3-2-4-6-16/h2-10,15H,11-14H2,1H3/t15-/m1/s1. The van der Waals surface area contributed by atoms with Crippen molar-refractivity contribution in [3.63, 3.8) is 0 Å². The molecule has 0 amide bonds. The summed E-state index contributed by atoms with van der Waals surface area (Å²) < 4.78 is 0. The highest BCUT2D eigenvalue weighted by Gasteiger charge is 2.24. The van der Waals surface area contributed by atoms with Gasteiger partial charge in [0.25, 0.3) is 5.69 Å². The summed E-state index contributed by atoms with van der Waals surface area (Å²) in [5.74, 6) is 0. The third-order valence-electron chi connectivity index (χ3n) is 4.42. The lowest BCUT2D eigenvalue weighted by Gasteiger charge is -2.41. The molecule has 5 nitrogen and oxygen atoms in total. The van der Waals surface area contributed by atoms with Crippen molar-refractivity contribution in [2.75, 3.05) is 24.5 Å². The normalized spacial score (nSPS) is 18.8. The summed E-state index contributed by atoms with van der Waals surface area (Å²) in [6.07, 6.45) is 0. The summed E-state index contributed by atoms with van der Waals surface area (Å²) in [5.41, 5.74) is 2.54. The molecule has 0 bridgehead atoms. The number of piperazine rings is 1. The highest BCUT2D eigenvalue weighted by atomic mass is 16.6. The van der Waals surface area contributed by atoms with E-state index in [-0.39, 0.29) is 10.6 Å². The molecule has 0 spiro atoms. The molecular formula is C18H21N3O2. The summed E-state index contributed by atoms with van der Waals surface area (Å²) in [6, 6.07) is 17.8. The number of nitrogens with zero attached hydrogens (tertiary/aromatic N) is 3. The predicted molar refractivity (Wildman–Crippen MR) is 91.6 cm³/mol. The van der Waals surface area contributed by atoms with Crippen molar-refractivity contribution in [3.05, 3.63) is 70.3 Å². The monoisotopic (exact) mass is 311 g/mol. The predicted octanol–water partition coefficient (Wildman–Crippen LogP) is 3.31. The number of nitro groups is 1. The fraction of sp³-hybridized carbons (Fsp3) is 0.333. The van der Waals surface area contributed by atoms with E-state index in [1.165, 1.54) is 5.56 Å². The Morgan fingerprint density at radius 2 is 1.78 bits per heavy atom. The van der Waals surface area contributed by atoms with Gasteiger partial charge in [0.05, 0.1) is 4.92 Å². The van der Waals surface area contributed by atoms with E-state index in [0.29, 0.717) is 6.04 Å². The average Bonchev–Trinajstić information content (AvgIpc) is 2.58. The van der Waals surface area contributed by atoms with Crippen LogP contribution >= 0.6 is 0 Å². The number of rotatable bonds is 4. The SMILES string of the molecule is C[C@@H]1CN(c2ccc([N+](=O)[O-])cc2)CCN1Cc1ccccc1. The first kappa shape index (κ1) is 15.5. The molecule has 0 N–H and O–H groups in total. The largest absolute Gasteiger partial charge is 0.369 e. The maximum atomic E-state index is 10.7. The van der Waals surface area contributed by atoms with Crippen molar-refractivity contribution < 1.29 is 4.92 Å². The minimum absolute atomic E-state index is 0.143. The second-order valence-electron chi connectivity index (χ2n) is 6.02. The molecule has 120 valence electrons. The first-order valence-electron chi connectivity index (χ1n) is 7.91. The van der Waals surface area contributed by atoms with Gasteiger partial charge >= 0.3 is 0 Å². The molecule has 1 saturated heterocycles. The van der Waals surface area contributed by atoms with Crippen LogP contribution in [0.5, 0.6) is 0 Å². The van der Waals surface area contributed by atoms with Crippen LogP contribution in [-0.4, -0.2) is 35.5 Å². The number of anilines is 1. The van der Waals surface area contributed by atoms with Crippen LogP contribution in [0.1, 0.15) is 12.5 Å². The lowest BCUT2D eigenvalue weighted by atomic mass is 10.1. The van der Waals surface area contributed by atoms with Crippen LogP contribution in [0, 0.1) is 10.1 Å². The summed E-state index contributed by atoms with van der Waals surface area (Å²) in [5, 5.41) is 10.7. The zero-order valence-corrected chi connectivity index (χ0v) is 13.3. The van der Waals surface area contributed by atoms with E-state index < -0.39 is 0 Å². The van der Waals surface area contributed by atoms with Gasteiger partial charge < -0.3 is 4.90 Å². The molecule has 0 aliphatic carbocycles. The van der Waals surface area contributed by atoms with Gasteiger partial charge in [0, 0.05) is 50.0 Å². The van der Waals surface area contributed by atoms with E-state index in [9.17, 15) is 10.1 Å². The van der Waals surface area contributed by atoms with Crippen molar-refractivity contribution in [1.82, 2.24) is 4.90 Å². The van der Waals surface area contributed by atoms with E-state index in [1.54, 1.807) is 12.1 Å². The second-order valence-corrected chi connectivity index (χ2v) is 6.02. The Hall–Kier alpha value is -2.40. The highest BCUT2D eigenvalue weighted by molar-refractivity contribution is 5.51.